The smallest absolute Gasteiger partial charge is 0.243 e. The molecule has 5 nitrogen and oxygen atoms in total. The van der Waals surface area contributed by atoms with Crippen LogP contribution in [-0.4, -0.2) is 23.4 Å². The van der Waals surface area contributed by atoms with Gasteiger partial charge in [-0.05, 0) is 25.7 Å². The summed E-state index contributed by atoms with van der Waals surface area (Å²) in [6.45, 7) is 3.36. The Balaban J connectivity index is 2.03. The van der Waals surface area contributed by atoms with Gasteiger partial charge in [0.05, 0.1) is 6.04 Å². The molecule has 2 N–H and O–H groups in total. The summed E-state index contributed by atoms with van der Waals surface area (Å²) in [6, 6.07) is -0.139. The molecule has 0 aromatic carbocycles. The number of hydrogen-bond acceptors (Lipinski definition) is 5. The van der Waals surface area contributed by atoms with Crippen molar-refractivity contribution in [3.63, 3.8) is 0 Å². The Morgan fingerprint density at radius 2 is 2.14 bits per heavy atom. The minimum Gasteiger partial charge on any atom is -0.381 e. The van der Waals surface area contributed by atoms with Crippen LogP contribution in [0.25, 0.3) is 0 Å². The molecule has 1 atom stereocenters. The summed E-state index contributed by atoms with van der Waals surface area (Å²) < 4.78 is 10.3. The normalized spacial score (nSPS) is 21.0. The minimum absolute atomic E-state index is 0.139. The predicted octanol–water partition coefficient (Wildman–Crippen LogP) is 0.804. The molecule has 0 aliphatic carbocycles. The highest BCUT2D eigenvalue weighted by Crippen LogP contribution is 2.26. The van der Waals surface area contributed by atoms with Gasteiger partial charge in [0.2, 0.25) is 5.89 Å². The molecule has 0 unspecified atom stereocenters. The fraction of sp³-hybridized carbons (Fsp3) is 0.778. The zero-order chi connectivity index (χ0) is 9.97. The monoisotopic (exact) mass is 197 g/mol. The van der Waals surface area contributed by atoms with Gasteiger partial charge in [-0.25, -0.2) is 0 Å². The largest absolute Gasteiger partial charge is 0.381 e. The quantitative estimate of drug-likeness (QED) is 0.759. The van der Waals surface area contributed by atoms with E-state index in [1.807, 2.05) is 0 Å². The van der Waals surface area contributed by atoms with Crippen molar-refractivity contribution in [2.45, 2.75) is 25.8 Å². The third-order valence-corrected chi connectivity index (χ3v) is 2.60. The van der Waals surface area contributed by atoms with Gasteiger partial charge in [0.15, 0.2) is 5.82 Å². The van der Waals surface area contributed by atoms with Crippen LogP contribution >= 0.6 is 0 Å². The summed E-state index contributed by atoms with van der Waals surface area (Å²) in [7, 11) is 0. The summed E-state index contributed by atoms with van der Waals surface area (Å²) in [4.78, 5) is 4.14. The minimum atomic E-state index is -0.139. The van der Waals surface area contributed by atoms with Gasteiger partial charge in [0.25, 0.3) is 0 Å². The van der Waals surface area contributed by atoms with E-state index in [9.17, 15) is 0 Å². The van der Waals surface area contributed by atoms with Gasteiger partial charge in [0, 0.05) is 13.2 Å². The molecule has 2 rings (SSSR count). The molecule has 1 aliphatic rings. The highest BCUT2D eigenvalue weighted by Gasteiger charge is 2.26. The molecular formula is C9H15N3O2. The molecule has 1 aromatic heterocycles. The van der Waals surface area contributed by atoms with E-state index in [-0.39, 0.29) is 6.04 Å². The Kier molecular flexibility index (Phi) is 2.79. The lowest BCUT2D eigenvalue weighted by Gasteiger charge is -2.25. The molecule has 1 saturated heterocycles. The van der Waals surface area contributed by atoms with Crippen LogP contribution in [0.1, 0.15) is 30.6 Å². The van der Waals surface area contributed by atoms with E-state index >= 15 is 0 Å². The van der Waals surface area contributed by atoms with Crippen LogP contribution in [0, 0.1) is 12.8 Å². The molecule has 0 spiro atoms. The summed E-state index contributed by atoms with van der Waals surface area (Å²) >= 11 is 0. The molecule has 0 bridgehead atoms. The van der Waals surface area contributed by atoms with E-state index in [1.165, 1.54) is 0 Å². The average molecular weight is 197 g/mol. The summed E-state index contributed by atoms with van der Waals surface area (Å²) in [5, 5.41) is 3.74. The molecule has 0 saturated carbocycles. The van der Waals surface area contributed by atoms with Crippen molar-refractivity contribution in [1.29, 1.82) is 0 Å². The molecule has 0 radical (unpaired) electrons. The molecular weight excluding hydrogens is 182 g/mol. The number of hydrogen-bond donors (Lipinski definition) is 1. The van der Waals surface area contributed by atoms with Crippen molar-refractivity contribution >= 4 is 0 Å². The first-order valence-corrected chi connectivity index (χ1v) is 4.91. The van der Waals surface area contributed by atoms with Gasteiger partial charge in [-0.15, -0.1) is 0 Å². The Labute approximate surface area is 82.6 Å². The average Bonchev–Trinajstić information content (AvgIpc) is 2.65. The van der Waals surface area contributed by atoms with Crippen molar-refractivity contribution in [2.75, 3.05) is 13.2 Å². The van der Waals surface area contributed by atoms with Crippen LogP contribution in [0.3, 0.4) is 0 Å². The Morgan fingerprint density at radius 1 is 1.43 bits per heavy atom. The van der Waals surface area contributed by atoms with Crippen LogP contribution < -0.4 is 5.73 Å². The first-order valence-electron chi connectivity index (χ1n) is 4.91. The van der Waals surface area contributed by atoms with Gasteiger partial charge in [-0.1, -0.05) is 5.16 Å². The van der Waals surface area contributed by atoms with Gasteiger partial charge in [-0.2, -0.15) is 4.98 Å². The molecule has 1 fully saturated rings. The molecule has 2 heterocycles. The third-order valence-electron chi connectivity index (χ3n) is 2.60. The Hall–Kier alpha value is -0.940. The van der Waals surface area contributed by atoms with E-state index in [0.717, 1.165) is 26.1 Å². The van der Waals surface area contributed by atoms with Gasteiger partial charge in [0.1, 0.15) is 0 Å². The fourth-order valence-electron chi connectivity index (χ4n) is 1.73. The van der Waals surface area contributed by atoms with Gasteiger partial charge < -0.3 is 15.0 Å². The summed E-state index contributed by atoms with van der Waals surface area (Å²) in [5.74, 6) is 1.60. The lowest BCUT2D eigenvalue weighted by Crippen LogP contribution is -2.27. The lowest BCUT2D eigenvalue weighted by molar-refractivity contribution is 0.0546. The predicted molar refractivity (Wildman–Crippen MR) is 49.5 cm³/mol. The number of rotatable bonds is 2. The molecule has 5 heteroatoms. The van der Waals surface area contributed by atoms with Crippen molar-refractivity contribution in [2.24, 2.45) is 11.7 Å². The summed E-state index contributed by atoms with van der Waals surface area (Å²) in [5.41, 5.74) is 6.03. The first-order chi connectivity index (χ1) is 6.77. The second kappa shape index (κ2) is 4.06. The number of aryl methyl sites for hydroxylation is 1. The van der Waals surface area contributed by atoms with Crippen LogP contribution in [-0.2, 0) is 4.74 Å². The number of ether oxygens (including phenoxy) is 1. The second-order valence-corrected chi connectivity index (χ2v) is 3.66. The SMILES string of the molecule is Cc1noc([C@H](N)C2CCOCC2)n1. The zero-order valence-corrected chi connectivity index (χ0v) is 8.27. The lowest BCUT2D eigenvalue weighted by atomic mass is 9.92. The highest BCUT2D eigenvalue weighted by atomic mass is 16.5. The molecule has 0 amide bonds. The molecule has 1 aromatic rings. The third kappa shape index (κ3) is 1.93. The van der Waals surface area contributed by atoms with Crippen LogP contribution in [0.15, 0.2) is 4.52 Å². The molecule has 1 aliphatic heterocycles. The van der Waals surface area contributed by atoms with E-state index < -0.39 is 0 Å². The maximum Gasteiger partial charge on any atom is 0.243 e. The Bertz CT molecular complexity index is 294. The van der Waals surface area contributed by atoms with E-state index in [4.69, 9.17) is 15.0 Å². The van der Waals surface area contributed by atoms with Gasteiger partial charge >= 0.3 is 0 Å². The van der Waals surface area contributed by atoms with Crippen LogP contribution in [0.4, 0.5) is 0 Å². The second-order valence-electron chi connectivity index (χ2n) is 3.66. The van der Waals surface area contributed by atoms with E-state index in [1.54, 1.807) is 6.92 Å². The van der Waals surface area contributed by atoms with Crippen LogP contribution in [0.2, 0.25) is 0 Å². The zero-order valence-electron chi connectivity index (χ0n) is 8.27. The number of aromatic nitrogens is 2. The van der Waals surface area contributed by atoms with Crippen molar-refractivity contribution < 1.29 is 9.26 Å². The fourth-order valence-corrected chi connectivity index (χ4v) is 1.73. The maximum atomic E-state index is 6.03. The molecule has 14 heavy (non-hydrogen) atoms. The maximum absolute atomic E-state index is 6.03. The van der Waals surface area contributed by atoms with Gasteiger partial charge in [-0.3, -0.25) is 0 Å². The van der Waals surface area contributed by atoms with Crippen molar-refractivity contribution in [3.05, 3.63) is 11.7 Å². The van der Waals surface area contributed by atoms with Crippen LogP contribution in [0.5, 0.6) is 0 Å². The standard InChI is InChI=1S/C9H15N3O2/c1-6-11-9(14-12-6)8(10)7-2-4-13-5-3-7/h7-8H,2-5,10H2,1H3/t8-/m1/s1. The topological polar surface area (TPSA) is 74.2 Å². The number of nitrogens with two attached hydrogens (primary N) is 1. The molecule has 78 valence electrons. The number of nitrogens with zero attached hydrogens (tertiary/aromatic N) is 2. The van der Waals surface area contributed by atoms with Crippen molar-refractivity contribution in [1.82, 2.24) is 10.1 Å². The summed E-state index contributed by atoms with van der Waals surface area (Å²) in [6.07, 6.45) is 1.95. The Morgan fingerprint density at radius 3 is 2.71 bits per heavy atom. The van der Waals surface area contributed by atoms with E-state index in [2.05, 4.69) is 10.1 Å². The first kappa shape index (κ1) is 9.61. The van der Waals surface area contributed by atoms with Crippen molar-refractivity contribution in [3.8, 4) is 0 Å². The highest BCUT2D eigenvalue weighted by molar-refractivity contribution is 4.93. The van der Waals surface area contributed by atoms with E-state index in [0.29, 0.717) is 17.6 Å².